The maximum absolute atomic E-state index is 11.8. The van der Waals surface area contributed by atoms with Gasteiger partial charge in [0, 0.05) is 12.1 Å². The van der Waals surface area contributed by atoms with Crippen molar-refractivity contribution in [3.8, 4) is 0 Å². The Kier molecular flexibility index (Phi) is 4.82. The molecule has 0 aliphatic carbocycles. The van der Waals surface area contributed by atoms with Crippen LogP contribution in [-0.4, -0.2) is 22.8 Å². The van der Waals surface area contributed by atoms with Gasteiger partial charge in [-0.3, -0.25) is 4.98 Å². The van der Waals surface area contributed by atoms with Gasteiger partial charge in [0.1, 0.15) is 5.71 Å². The third-order valence-electron chi connectivity index (χ3n) is 1.99. The minimum atomic E-state index is -0.362. The number of nitrogens with zero attached hydrogens (tertiary/aromatic N) is 2. The van der Waals surface area contributed by atoms with Crippen LogP contribution in [0, 0.1) is 5.92 Å². The Labute approximate surface area is 102 Å². The number of pyridine rings is 1. The Hall–Kier alpha value is -1.71. The van der Waals surface area contributed by atoms with Crippen LogP contribution in [0.2, 0.25) is 0 Å². The van der Waals surface area contributed by atoms with E-state index in [1.54, 1.807) is 24.5 Å². The Morgan fingerprint density at radius 1 is 1.35 bits per heavy atom. The molecular weight excluding hydrogens is 216 g/mol. The standard InChI is InChI=1S/C13H18N2O2/c1-9(2)12(13(16)17-10(3)4)15-11-6-5-7-14-8-11/h5-10H,1-4H3. The van der Waals surface area contributed by atoms with Gasteiger partial charge >= 0.3 is 5.97 Å². The molecule has 17 heavy (non-hydrogen) atoms. The summed E-state index contributed by atoms with van der Waals surface area (Å²) in [6, 6.07) is 3.59. The fourth-order valence-corrected chi connectivity index (χ4v) is 1.24. The van der Waals surface area contributed by atoms with Crippen molar-refractivity contribution in [2.24, 2.45) is 10.9 Å². The second-order valence-electron chi connectivity index (χ2n) is 4.32. The molecular formula is C13H18N2O2. The van der Waals surface area contributed by atoms with Gasteiger partial charge in [-0.05, 0) is 26.0 Å². The number of carbonyl (C=O) groups excluding carboxylic acids is 1. The van der Waals surface area contributed by atoms with Crippen LogP contribution >= 0.6 is 0 Å². The van der Waals surface area contributed by atoms with E-state index in [0.717, 1.165) is 0 Å². The summed E-state index contributed by atoms with van der Waals surface area (Å²) < 4.78 is 5.16. The zero-order chi connectivity index (χ0) is 12.8. The van der Waals surface area contributed by atoms with Gasteiger partial charge in [0.05, 0.1) is 18.0 Å². The molecule has 0 bridgehead atoms. The fourth-order valence-electron chi connectivity index (χ4n) is 1.24. The summed E-state index contributed by atoms with van der Waals surface area (Å²) >= 11 is 0. The molecule has 1 rings (SSSR count). The molecule has 0 amide bonds. The maximum atomic E-state index is 11.8. The van der Waals surface area contributed by atoms with E-state index in [-0.39, 0.29) is 18.0 Å². The van der Waals surface area contributed by atoms with Gasteiger partial charge in [0.25, 0.3) is 0 Å². The number of hydrogen-bond acceptors (Lipinski definition) is 4. The molecule has 0 saturated carbocycles. The summed E-state index contributed by atoms with van der Waals surface area (Å²) in [6.45, 7) is 7.47. The largest absolute Gasteiger partial charge is 0.458 e. The van der Waals surface area contributed by atoms with Crippen LogP contribution in [0.1, 0.15) is 27.7 Å². The van der Waals surface area contributed by atoms with Crippen molar-refractivity contribution < 1.29 is 9.53 Å². The van der Waals surface area contributed by atoms with Crippen LogP contribution in [0.4, 0.5) is 5.69 Å². The van der Waals surface area contributed by atoms with E-state index in [9.17, 15) is 4.79 Å². The predicted octanol–water partition coefficient (Wildman–Crippen LogP) is 2.76. The Balaban J connectivity index is 2.94. The minimum Gasteiger partial charge on any atom is -0.458 e. The molecule has 0 unspecified atom stereocenters. The third-order valence-corrected chi connectivity index (χ3v) is 1.99. The molecule has 0 fully saturated rings. The van der Waals surface area contributed by atoms with E-state index in [4.69, 9.17) is 4.74 Å². The fraction of sp³-hybridized carbons (Fsp3) is 0.462. The maximum Gasteiger partial charge on any atom is 0.353 e. The smallest absolute Gasteiger partial charge is 0.353 e. The number of esters is 1. The Morgan fingerprint density at radius 3 is 2.53 bits per heavy atom. The highest BCUT2D eigenvalue weighted by Gasteiger charge is 2.18. The van der Waals surface area contributed by atoms with Gasteiger partial charge in [-0.25, -0.2) is 9.79 Å². The molecule has 4 heteroatoms. The zero-order valence-corrected chi connectivity index (χ0v) is 10.7. The van der Waals surface area contributed by atoms with Crippen molar-refractivity contribution in [1.82, 2.24) is 4.98 Å². The van der Waals surface area contributed by atoms with Crippen LogP contribution in [0.25, 0.3) is 0 Å². The van der Waals surface area contributed by atoms with E-state index < -0.39 is 0 Å². The molecule has 0 aliphatic heterocycles. The van der Waals surface area contributed by atoms with Gasteiger partial charge in [-0.2, -0.15) is 0 Å². The predicted molar refractivity (Wildman–Crippen MR) is 67.4 cm³/mol. The lowest BCUT2D eigenvalue weighted by molar-refractivity contribution is -0.139. The summed E-state index contributed by atoms with van der Waals surface area (Å²) in [5, 5.41) is 0. The van der Waals surface area contributed by atoms with Crippen molar-refractivity contribution in [2.45, 2.75) is 33.8 Å². The van der Waals surface area contributed by atoms with Crippen LogP contribution < -0.4 is 0 Å². The molecule has 4 nitrogen and oxygen atoms in total. The molecule has 1 aromatic heterocycles. The van der Waals surface area contributed by atoms with Crippen molar-refractivity contribution in [3.05, 3.63) is 24.5 Å². The number of rotatable bonds is 4. The van der Waals surface area contributed by atoms with Gasteiger partial charge < -0.3 is 4.74 Å². The quantitative estimate of drug-likeness (QED) is 0.594. The molecule has 1 aromatic rings. The van der Waals surface area contributed by atoms with Crippen molar-refractivity contribution in [3.63, 3.8) is 0 Å². The average Bonchev–Trinajstić information content (AvgIpc) is 2.25. The van der Waals surface area contributed by atoms with Crippen LogP contribution in [-0.2, 0) is 9.53 Å². The molecule has 0 aromatic carbocycles. The first-order valence-electron chi connectivity index (χ1n) is 5.70. The van der Waals surface area contributed by atoms with Crippen LogP contribution in [0.5, 0.6) is 0 Å². The molecule has 0 aliphatic rings. The van der Waals surface area contributed by atoms with Crippen molar-refractivity contribution >= 4 is 17.4 Å². The molecule has 92 valence electrons. The van der Waals surface area contributed by atoms with Gasteiger partial charge in [-0.15, -0.1) is 0 Å². The molecule has 0 saturated heterocycles. The lowest BCUT2D eigenvalue weighted by Gasteiger charge is -2.12. The lowest BCUT2D eigenvalue weighted by atomic mass is 10.1. The number of ether oxygens (including phenoxy) is 1. The first kappa shape index (κ1) is 13.4. The van der Waals surface area contributed by atoms with Crippen LogP contribution in [0.3, 0.4) is 0 Å². The van der Waals surface area contributed by atoms with Gasteiger partial charge in [-0.1, -0.05) is 13.8 Å². The summed E-state index contributed by atoms with van der Waals surface area (Å²) in [5.74, 6) is -0.347. The minimum absolute atomic E-state index is 0.0152. The summed E-state index contributed by atoms with van der Waals surface area (Å²) in [6.07, 6.45) is 3.14. The number of carbonyl (C=O) groups is 1. The van der Waals surface area contributed by atoms with Gasteiger partial charge in [0.2, 0.25) is 0 Å². The van der Waals surface area contributed by atoms with Crippen molar-refractivity contribution in [2.75, 3.05) is 0 Å². The van der Waals surface area contributed by atoms with E-state index in [1.165, 1.54) is 0 Å². The molecule has 0 radical (unpaired) electrons. The normalized spacial score (nSPS) is 12.0. The summed E-state index contributed by atoms with van der Waals surface area (Å²) in [5.41, 5.74) is 1.09. The highest BCUT2D eigenvalue weighted by Crippen LogP contribution is 2.12. The van der Waals surface area contributed by atoms with Crippen LogP contribution in [0.15, 0.2) is 29.5 Å². The first-order chi connectivity index (χ1) is 8.00. The number of aliphatic imine (C=N–C) groups is 1. The second kappa shape index (κ2) is 6.13. The first-order valence-corrected chi connectivity index (χ1v) is 5.70. The van der Waals surface area contributed by atoms with E-state index >= 15 is 0 Å². The topological polar surface area (TPSA) is 51.5 Å². The van der Waals surface area contributed by atoms with Gasteiger partial charge in [0.15, 0.2) is 0 Å². The summed E-state index contributed by atoms with van der Waals surface area (Å²) in [7, 11) is 0. The SMILES string of the molecule is CC(C)OC(=O)C(=Nc1cccnc1)C(C)C. The summed E-state index contributed by atoms with van der Waals surface area (Å²) in [4.78, 5) is 20.1. The highest BCUT2D eigenvalue weighted by molar-refractivity contribution is 6.37. The second-order valence-corrected chi connectivity index (χ2v) is 4.32. The zero-order valence-electron chi connectivity index (χ0n) is 10.7. The van der Waals surface area contributed by atoms with E-state index in [2.05, 4.69) is 9.98 Å². The Morgan fingerprint density at radius 2 is 2.06 bits per heavy atom. The number of hydrogen-bond donors (Lipinski definition) is 0. The molecule has 0 N–H and O–H groups in total. The highest BCUT2D eigenvalue weighted by atomic mass is 16.5. The lowest BCUT2D eigenvalue weighted by Crippen LogP contribution is -2.25. The van der Waals surface area contributed by atoms with E-state index in [0.29, 0.717) is 11.4 Å². The van der Waals surface area contributed by atoms with E-state index in [1.807, 2.05) is 27.7 Å². The third kappa shape index (κ3) is 4.34. The Bertz CT molecular complexity index is 397. The number of aromatic nitrogens is 1. The molecule has 0 atom stereocenters. The average molecular weight is 234 g/mol. The molecule has 1 heterocycles. The molecule has 0 spiro atoms. The monoisotopic (exact) mass is 234 g/mol. The van der Waals surface area contributed by atoms with Crippen molar-refractivity contribution in [1.29, 1.82) is 0 Å².